The van der Waals surface area contributed by atoms with Crippen LogP contribution in [-0.2, 0) is 4.79 Å². The molecule has 0 aromatic heterocycles. The summed E-state index contributed by atoms with van der Waals surface area (Å²) in [5.41, 5.74) is 0. The molecule has 0 bridgehead atoms. The second-order valence-corrected chi connectivity index (χ2v) is 6.43. The number of carbonyl (C=O) groups is 2. The highest BCUT2D eigenvalue weighted by Crippen LogP contribution is 2.22. The van der Waals surface area contributed by atoms with Crippen molar-refractivity contribution >= 4 is 11.9 Å². The number of nitrogens with zero attached hydrogens (tertiary/aromatic N) is 2. The van der Waals surface area contributed by atoms with Crippen LogP contribution in [0.15, 0.2) is 0 Å². The minimum absolute atomic E-state index is 0.0643. The van der Waals surface area contributed by atoms with Crippen LogP contribution >= 0.6 is 0 Å². The standard InChI is InChI=1S/C15H26N4O2/c20-14(11-12-1-5-16-6-2-12)18-8-3-13(4-9-18)19-10-7-17-15(19)21/h12-13,16H,1-11H2,(H,17,21). The summed E-state index contributed by atoms with van der Waals surface area (Å²) in [5, 5.41) is 6.20. The molecule has 6 nitrogen and oxygen atoms in total. The summed E-state index contributed by atoms with van der Waals surface area (Å²) in [6.07, 6.45) is 4.79. The molecule has 118 valence electrons. The first-order valence-electron chi connectivity index (χ1n) is 8.27. The molecular weight excluding hydrogens is 268 g/mol. The van der Waals surface area contributed by atoms with Gasteiger partial charge in [-0.3, -0.25) is 4.79 Å². The first kappa shape index (κ1) is 14.6. The maximum absolute atomic E-state index is 12.4. The highest BCUT2D eigenvalue weighted by Gasteiger charge is 2.32. The highest BCUT2D eigenvalue weighted by atomic mass is 16.2. The number of amides is 3. The van der Waals surface area contributed by atoms with E-state index >= 15 is 0 Å². The Bertz CT molecular complexity index is 387. The molecule has 0 spiro atoms. The van der Waals surface area contributed by atoms with Crippen LogP contribution in [0.25, 0.3) is 0 Å². The summed E-state index contributed by atoms with van der Waals surface area (Å²) in [5.74, 6) is 0.868. The van der Waals surface area contributed by atoms with Crippen molar-refractivity contribution < 1.29 is 9.59 Å². The van der Waals surface area contributed by atoms with Gasteiger partial charge in [0.15, 0.2) is 0 Å². The van der Waals surface area contributed by atoms with Gasteiger partial charge in [-0.1, -0.05) is 0 Å². The Morgan fingerprint density at radius 2 is 1.76 bits per heavy atom. The van der Waals surface area contributed by atoms with E-state index in [-0.39, 0.29) is 6.03 Å². The van der Waals surface area contributed by atoms with Crippen molar-refractivity contribution in [2.45, 2.75) is 38.1 Å². The molecule has 0 radical (unpaired) electrons. The van der Waals surface area contributed by atoms with Crippen molar-refractivity contribution in [3.05, 3.63) is 0 Å². The van der Waals surface area contributed by atoms with Crippen LogP contribution in [0, 0.1) is 5.92 Å². The largest absolute Gasteiger partial charge is 0.343 e. The first-order valence-corrected chi connectivity index (χ1v) is 8.27. The van der Waals surface area contributed by atoms with E-state index in [0.29, 0.717) is 24.3 Å². The van der Waals surface area contributed by atoms with Gasteiger partial charge in [0.25, 0.3) is 0 Å². The van der Waals surface area contributed by atoms with E-state index in [1.54, 1.807) is 0 Å². The molecule has 0 aliphatic carbocycles. The van der Waals surface area contributed by atoms with Gasteiger partial charge in [0, 0.05) is 38.6 Å². The molecule has 2 N–H and O–H groups in total. The molecular formula is C15H26N4O2. The molecule has 0 aromatic carbocycles. The molecule has 21 heavy (non-hydrogen) atoms. The summed E-state index contributed by atoms with van der Waals surface area (Å²) in [4.78, 5) is 28.0. The maximum atomic E-state index is 12.4. The van der Waals surface area contributed by atoms with Crippen molar-refractivity contribution in [2.24, 2.45) is 5.92 Å². The maximum Gasteiger partial charge on any atom is 0.317 e. The second-order valence-electron chi connectivity index (χ2n) is 6.43. The number of urea groups is 1. The molecule has 0 atom stereocenters. The third-order valence-corrected chi connectivity index (χ3v) is 5.07. The van der Waals surface area contributed by atoms with E-state index in [0.717, 1.165) is 65.0 Å². The number of rotatable bonds is 3. The van der Waals surface area contributed by atoms with Gasteiger partial charge in [0.1, 0.15) is 0 Å². The number of hydrogen-bond acceptors (Lipinski definition) is 3. The average molecular weight is 294 g/mol. The van der Waals surface area contributed by atoms with E-state index in [9.17, 15) is 9.59 Å². The van der Waals surface area contributed by atoms with Crippen molar-refractivity contribution in [1.82, 2.24) is 20.4 Å². The normalized spacial score (nSPS) is 25.2. The molecule has 3 rings (SSSR count). The van der Waals surface area contributed by atoms with Gasteiger partial charge in [0.05, 0.1) is 0 Å². The van der Waals surface area contributed by atoms with Gasteiger partial charge < -0.3 is 20.4 Å². The van der Waals surface area contributed by atoms with Gasteiger partial charge >= 0.3 is 6.03 Å². The fraction of sp³-hybridized carbons (Fsp3) is 0.867. The number of piperidine rings is 2. The van der Waals surface area contributed by atoms with Gasteiger partial charge in [-0.05, 0) is 44.7 Å². The molecule has 3 amide bonds. The van der Waals surface area contributed by atoms with E-state index < -0.39 is 0 Å². The van der Waals surface area contributed by atoms with Crippen LogP contribution in [0.2, 0.25) is 0 Å². The number of carbonyl (C=O) groups excluding carboxylic acids is 2. The molecule has 3 aliphatic heterocycles. The van der Waals surface area contributed by atoms with Crippen molar-refractivity contribution in [2.75, 3.05) is 39.3 Å². The van der Waals surface area contributed by atoms with E-state index in [4.69, 9.17) is 0 Å². The van der Waals surface area contributed by atoms with Crippen molar-refractivity contribution in [3.8, 4) is 0 Å². The van der Waals surface area contributed by atoms with E-state index in [1.165, 1.54) is 0 Å². The predicted octanol–water partition coefficient (Wildman–Crippen LogP) is 0.392. The smallest absolute Gasteiger partial charge is 0.317 e. The van der Waals surface area contributed by atoms with Gasteiger partial charge in [-0.25, -0.2) is 4.79 Å². The summed E-state index contributed by atoms with van der Waals surface area (Å²) in [6, 6.07) is 0.380. The minimum Gasteiger partial charge on any atom is -0.343 e. The monoisotopic (exact) mass is 294 g/mol. The summed E-state index contributed by atoms with van der Waals surface area (Å²) < 4.78 is 0. The first-order chi connectivity index (χ1) is 10.2. The highest BCUT2D eigenvalue weighted by molar-refractivity contribution is 5.77. The van der Waals surface area contributed by atoms with Crippen LogP contribution in [0.5, 0.6) is 0 Å². The lowest BCUT2D eigenvalue weighted by atomic mass is 9.93. The van der Waals surface area contributed by atoms with Crippen LogP contribution in [0.4, 0.5) is 4.79 Å². The zero-order valence-electron chi connectivity index (χ0n) is 12.6. The lowest BCUT2D eigenvalue weighted by molar-refractivity contribution is -0.133. The SMILES string of the molecule is O=C(CC1CCNCC1)N1CCC(N2CCNC2=O)CC1. The lowest BCUT2D eigenvalue weighted by Crippen LogP contribution is -2.48. The number of hydrogen-bond donors (Lipinski definition) is 2. The van der Waals surface area contributed by atoms with Crippen molar-refractivity contribution in [3.63, 3.8) is 0 Å². The summed E-state index contributed by atoms with van der Waals surface area (Å²) in [7, 11) is 0. The van der Waals surface area contributed by atoms with Crippen LogP contribution in [-0.4, -0.2) is 67.0 Å². The molecule has 3 aliphatic rings. The third-order valence-electron chi connectivity index (χ3n) is 5.07. The fourth-order valence-electron chi connectivity index (χ4n) is 3.72. The second kappa shape index (κ2) is 6.64. The number of likely N-dealkylation sites (tertiary alicyclic amines) is 1. The van der Waals surface area contributed by atoms with Crippen molar-refractivity contribution in [1.29, 1.82) is 0 Å². The Hall–Kier alpha value is -1.30. The zero-order chi connectivity index (χ0) is 14.7. The van der Waals surface area contributed by atoms with Crippen LogP contribution in [0.1, 0.15) is 32.1 Å². The molecule has 3 heterocycles. The fourth-order valence-corrected chi connectivity index (χ4v) is 3.72. The Kier molecular flexibility index (Phi) is 4.63. The molecule has 3 fully saturated rings. The Labute approximate surface area is 126 Å². The Morgan fingerprint density at radius 1 is 1.05 bits per heavy atom. The van der Waals surface area contributed by atoms with E-state index in [1.807, 2.05) is 9.80 Å². The molecule has 6 heteroatoms. The third kappa shape index (κ3) is 3.48. The van der Waals surface area contributed by atoms with E-state index in [2.05, 4.69) is 10.6 Å². The summed E-state index contributed by atoms with van der Waals surface area (Å²) >= 11 is 0. The Balaban J connectivity index is 1.44. The average Bonchev–Trinajstić information content (AvgIpc) is 2.94. The number of nitrogens with one attached hydrogen (secondary N) is 2. The molecule has 0 aromatic rings. The van der Waals surface area contributed by atoms with Gasteiger partial charge in [-0.15, -0.1) is 0 Å². The minimum atomic E-state index is 0.0643. The van der Waals surface area contributed by atoms with Crippen LogP contribution in [0.3, 0.4) is 0 Å². The molecule has 3 saturated heterocycles. The molecule has 0 saturated carbocycles. The Morgan fingerprint density at radius 3 is 2.38 bits per heavy atom. The molecule has 0 unspecified atom stereocenters. The van der Waals surface area contributed by atoms with Gasteiger partial charge in [-0.2, -0.15) is 0 Å². The predicted molar refractivity (Wildman–Crippen MR) is 79.9 cm³/mol. The quantitative estimate of drug-likeness (QED) is 0.791. The topological polar surface area (TPSA) is 64.7 Å². The van der Waals surface area contributed by atoms with Crippen LogP contribution < -0.4 is 10.6 Å². The zero-order valence-corrected chi connectivity index (χ0v) is 12.6. The van der Waals surface area contributed by atoms with Gasteiger partial charge in [0.2, 0.25) is 5.91 Å². The summed E-state index contributed by atoms with van der Waals surface area (Å²) in [6.45, 7) is 5.27. The lowest BCUT2D eigenvalue weighted by Gasteiger charge is -2.37.